The van der Waals surface area contributed by atoms with E-state index in [0.29, 0.717) is 11.7 Å². The molecular weight excluding hydrogens is 254 g/mol. The van der Waals surface area contributed by atoms with Crippen LogP contribution in [0.25, 0.3) is 0 Å². The molecule has 1 amide bonds. The van der Waals surface area contributed by atoms with E-state index in [4.69, 9.17) is 4.74 Å². The van der Waals surface area contributed by atoms with Crippen molar-refractivity contribution in [2.45, 2.75) is 12.8 Å². The maximum absolute atomic E-state index is 11.1. The van der Waals surface area contributed by atoms with E-state index < -0.39 is 0 Å². The molecule has 110 valence electrons. The molecule has 0 saturated carbocycles. The summed E-state index contributed by atoms with van der Waals surface area (Å²) in [6.45, 7) is 3.23. The molecule has 1 heterocycles. The van der Waals surface area contributed by atoms with Crippen molar-refractivity contribution < 1.29 is 9.53 Å². The van der Waals surface area contributed by atoms with Gasteiger partial charge in [-0.1, -0.05) is 6.07 Å². The third-order valence-corrected chi connectivity index (χ3v) is 3.48. The van der Waals surface area contributed by atoms with Crippen LogP contribution in [-0.2, 0) is 4.79 Å². The first kappa shape index (κ1) is 14.7. The van der Waals surface area contributed by atoms with Crippen LogP contribution in [-0.4, -0.2) is 39.2 Å². The lowest BCUT2D eigenvalue weighted by molar-refractivity contribution is -0.122. The zero-order valence-electron chi connectivity index (χ0n) is 11.9. The highest BCUT2D eigenvalue weighted by Crippen LogP contribution is 2.18. The van der Waals surface area contributed by atoms with Gasteiger partial charge in [0.1, 0.15) is 5.75 Å². The van der Waals surface area contributed by atoms with E-state index >= 15 is 0 Å². The number of piperidine rings is 1. The number of hydrogen-bond acceptors (Lipinski definition) is 4. The van der Waals surface area contributed by atoms with Gasteiger partial charge in [0.15, 0.2) is 6.61 Å². The van der Waals surface area contributed by atoms with Crippen LogP contribution in [0.15, 0.2) is 24.3 Å². The summed E-state index contributed by atoms with van der Waals surface area (Å²) < 4.78 is 5.43. The second-order valence-corrected chi connectivity index (χ2v) is 5.08. The number of hydrogen-bond donors (Lipinski definition) is 3. The first-order chi connectivity index (χ1) is 9.78. The molecule has 3 N–H and O–H groups in total. The van der Waals surface area contributed by atoms with Crippen molar-refractivity contribution in [1.29, 1.82) is 0 Å². The summed E-state index contributed by atoms with van der Waals surface area (Å²) >= 11 is 0. The molecular formula is C15H23N3O2. The maximum atomic E-state index is 11.1. The van der Waals surface area contributed by atoms with Crippen LogP contribution < -0.4 is 20.7 Å². The summed E-state index contributed by atoms with van der Waals surface area (Å²) in [5, 5.41) is 9.38. The number of nitrogens with one attached hydrogen (secondary N) is 3. The van der Waals surface area contributed by atoms with Crippen LogP contribution in [0.1, 0.15) is 12.8 Å². The number of benzene rings is 1. The topological polar surface area (TPSA) is 62.4 Å². The van der Waals surface area contributed by atoms with Crippen molar-refractivity contribution in [3.63, 3.8) is 0 Å². The van der Waals surface area contributed by atoms with Gasteiger partial charge in [-0.15, -0.1) is 0 Å². The fourth-order valence-corrected chi connectivity index (χ4v) is 2.28. The molecule has 5 nitrogen and oxygen atoms in total. The fourth-order valence-electron chi connectivity index (χ4n) is 2.28. The molecule has 0 spiro atoms. The lowest BCUT2D eigenvalue weighted by Gasteiger charge is -2.23. The smallest absolute Gasteiger partial charge is 0.257 e. The number of anilines is 1. The number of ether oxygens (including phenoxy) is 1. The molecule has 1 saturated heterocycles. The molecule has 1 aromatic carbocycles. The summed E-state index contributed by atoms with van der Waals surface area (Å²) in [4.78, 5) is 11.1. The predicted octanol–water partition coefficient (Wildman–Crippen LogP) is 1.22. The molecule has 1 aliphatic heterocycles. The second-order valence-electron chi connectivity index (χ2n) is 5.08. The van der Waals surface area contributed by atoms with E-state index in [1.807, 2.05) is 24.3 Å². The Kier molecular flexibility index (Phi) is 5.68. The molecule has 0 bridgehead atoms. The zero-order valence-corrected chi connectivity index (χ0v) is 11.9. The van der Waals surface area contributed by atoms with E-state index in [1.54, 1.807) is 7.05 Å². The van der Waals surface area contributed by atoms with Crippen molar-refractivity contribution in [2.75, 3.05) is 38.6 Å². The minimum absolute atomic E-state index is 0.0481. The van der Waals surface area contributed by atoms with Crippen LogP contribution >= 0.6 is 0 Å². The van der Waals surface area contributed by atoms with E-state index in [2.05, 4.69) is 16.0 Å². The minimum Gasteiger partial charge on any atom is -0.484 e. The van der Waals surface area contributed by atoms with E-state index in [1.165, 1.54) is 12.8 Å². The summed E-state index contributed by atoms with van der Waals surface area (Å²) in [5.74, 6) is 1.26. The van der Waals surface area contributed by atoms with E-state index in [-0.39, 0.29) is 12.5 Å². The van der Waals surface area contributed by atoms with Gasteiger partial charge in [0.25, 0.3) is 5.91 Å². The standard InChI is InChI=1S/C15H23N3O2/c1-16-15(19)11-20-14-6-2-5-13(8-14)18-10-12-4-3-7-17-9-12/h2,5-6,8,12,17-18H,3-4,7,9-11H2,1H3,(H,16,19). The van der Waals surface area contributed by atoms with Crippen molar-refractivity contribution in [3.8, 4) is 5.75 Å². The summed E-state index contributed by atoms with van der Waals surface area (Å²) in [6.07, 6.45) is 2.52. The number of rotatable bonds is 6. The maximum Gasteiger partial charge on any atom is 0.257 e. The lowest BCUT2D eigenvalue weighted by atomic mass is 10.00. The Labute approximate surface area is 120 Å². The van der Waals surface area contributed by atoms with Crippen molar-refractivity contribution >= 4 is 11.6 Å². The molecule has 0 radical (unpaired) electrons. The third-order valence-electron chi connectivity index (χ3n) is 3.48. The van der Waals surface area contributed by atoms with Crippen molar-refractivity contribution in [1.82, 2.24) is 10.6 Å². The molecule has 2 rings (SSSR count). The molecule has 1 aliphatic rings. The highest BCUT2D eigenvalue weighted by molar-refractivity contribution is 5.77. The Morgan fingerprint density at radius 3 is 3.15 bits per heavy atom. The molecule has 0 aliphatic carbocycles. The van der Waals surface area contributed by atoms with Crippen LogP contribution in [0.5, 0.6) is 5.75 Å². The average Bonchev–Trinajstić information content (AvgIpc) is 2.52. The van der Waals surface area contributed by atoms with Gasteiger partial charge in [-0.3, -0.25) is 4.79 Å². The second kappa shape index (κ2) is 7.75. The Morgan fingerprint density at radius 1 is 1.50 bits per heavy atom. The lowest BCUT2D eigenvalue weighted by Crippen LogP contribution is -2.33. The van der Waals surface area contributed by atoms with Gasteiger partial charge < -0.3 is 20.7 Å². The van der Waals surface area contributed by atoms with Crippen LogP contribution in [0.2, 0.25) is 0 Å². The Hall–Kier alpha value is -1.75. The van der Waals surface area contributed by atoms with Crippen LogP contribution in [0.4, 0.5) is 5.69 Å². The zero-order chi connectivity index (χ0) is 14.2. The number of carbonyl (C=O) groups excluding carboxylic acids is 1. The summed E-state index contributed by atoms with van der Waals surface area (Å²) in [7, 11) is 1.60. The molecule has 1 unspecified atom stereocenters. The Morgan fingerprint density at radius 2 is 2.40 bits per heavy atom. The van der Waals surface area contributed by atoms with Gasteiger partial charge in [0.2, 0.25) is 0 Å². The Bertz CT molecular complexity index is 431. The van der Waals surface area contributed by atoms with E-state index in [9.17, 15) is 4.79 Å². The van der Waals surface area contributed by atoms with Crippen molar-refractivity contribution in [3.05, 3.63) is 24.3 Å². The van der Waals surface area contributed by atoms with Gasteiger partial charge >= 0.3 is 0 Å². The van der Waals surface area contributed by atoms with Gasteiger partial charge in [-0.2, -0.15) is 0 Å². The molecule has 1 fully saturated rings. The minimum atomic E-state index is -0.128. The molecule has 1 aromatic rings. The first-order valence-corrected chi connectivity index (χ1v) is 7.16. The normalized spacial score (nSPS) is 18.4. The number of likely N-dealkylation sites (N-methyl/N-ethyl adjacent to an activating group) is 1. The molecule has 20 heavy (non-hydrogen) atoms. The van der Waals surface area contributed by atoms with Gasteiger partial charge in [-0.25, -0.2) is 0 Å². The molecule has 0 aromatic heterocycles. The summed E-state index contributed by atoms with van der Waals surface area (Å²) in [6, 6.07) is 7.74. The highest BCUT2D eigenvalue weighted by atomic mass is 16.5. The van der Waals surface area contributed by atoms with Gasteiger partial charge in [-0.05, 0) is 44.0 Å². The largest absolute Gasteiger partial charge is 0.484 e. The van der Waals surface area contributed by atoms with Gasteiger partial charge in [0, 0.05) is 25.3 Å². The van der Waals surface area contributed by atoms with Crippen LogP contribution in [0.3, 0.4) is 0 Å². The number of carbonyl (C=O) groups is 1. The molecule has 5 heteroatoms. The van der Waals surface area contributed by atoms with Crippen LogP contribution in [0, 0.1) is 5.92 Å². The summed E-state index contributed by atoms with van der Waals surface area (Å²) in [5.41, 5.74) is 1.03. The van der Waals surface area contributed by atoms with Gasteiger partial charge in [0.05, 0.1) is 0 Å². The fraction of sp³-hybridized carbons (Fsp3) is 0.533. The predicted molar refractivity (Wildman–Crippen MR) is 80.1 cm³/mol. The molecule has 1 atom stereocenters. The SMILES string of the molecule is CNC(=O)COc1cccc(NCC2CCCNC2)c1. The monoisotopic (exact) mass is 277 g/mol. The third kappa shape index (κ3) is 4.74. The number of amides is 1. The van der Waals surface area contributed by atoms with E-state index in [0.717, 1.165) is 25.3 Å². The first-order valence-electron chi connectivity index (χ1n) is 7.16. The van der Waals surface area contributed by atoms with Crippen molar-refractivity contribution in [2.24, 2.45) is 5.92 Å². The highest BCUT2D eigenvalue weighted by Gasteiger charge is 2.12. The quantitative estimate of drug-likeness (QED) is 0.732. The Balaban J connectivity index is 1.80. The average molecular weight is 277 g/mol.